The largest absolute Gasteiger partial charge is 0.491 e. The van der Waals surface area contributed by atoms with Crippen molar-refractivity contribution >= 4 is 33.8 Å². The predicted octanol–water partition coefficient (Wildman–Crippen LogP) is 7.30. The van der Waals surface area contributed by atoms with Crippen LogP contribution in [0.1, 0.15) is 89.5 Å². The van der Waals surface area contributed by atoms with Crippen molar-refractivity contribution in [1.29, 1.82) is 0 Å². The normalized spacial score (nSPS) is 15.5. The van der Waals surface area contributed by atoms with E-state index >= 15 is 0 Å². The molecule has 1 fully saturated rings. The van der Waals surface area contributed by atoms with E-state index in [1.54, 1.807) is 19.1 Å². The second-order valence-electron chi connectivity index (χ2n) is 12.5. The smallest absolute Gasteiger partial charge is 0.336 e. The molecule has 3 heterocycles. The van der Waals surface area contributed by atoms with Crippen LogP contribution in [0.2, 0.25) is 0 Å². The summed E-state index contributed by atoms with van der Waals surface area (Å²) in [5.74, 6) is 0.767. The molecule has 220 valence electrons. The summed E-state index contributed by atoms with van der Waals surface area (Å²) >= 11 is 0. The van der Waals surface area contributed by atoms with Crippen molar-refractivity contribution in [3.8, 4) is 17.0 Å². The molecule has 8 heteroatoms. The number of aromatic carboxylic acids is 1. The first-order valence-electron chi connectivity index (χ1n) is 15.2. The number of aromatic amines is 1. The Balaban J connectivity index is 1.27. The molecule has 1 aliphatic carbocycles. The van der Waals surface area contributed by atoms with Crippen molar-refractivity contribution in [3.63, 3.8) is 0 Å². The molecule has 0 saturated heterocycles. The maximum Gasteiger partial charge on any atom is 0.336 e. The fourth-order valence-electron chi connectivity index (χ4n) is 6.99. The fraction of sp³-hybridized carbons (Fsp3) is 0.343. The lowest BCUT2D eigenvalue weighted by Crippen LogP contribution is -2.41. The summed E-state index contributed by atoms with van der Waals surface area (Å²) < 4.78 is 8.54. The molecule has 0 bridgehead atoms. The van der Waals surface area contributed by atoms with Crippen LogP contribution >= 0.6 is 0 Å². The molecule has 1 saturated carbocycles. The third kappa shape index (κ3) is 4.65. The number of aromatic nitrogens is 3. The summed E-state index contributed by atoms with van der Waals surface area (Å²) in [7, 11) is 0. The first-order chi connectivity index (χ1) is 20.7. The van der Waals surface area contributed by atoms with Gasteiger partial charge in [0, 0.05) is 22.0 Å². The third-order valence-electron chi connectivity index (χ3n) is 9.17. The van der Waals surface area contributed by atoms with Gasteiger partial charge in [-0.05, 0) is 87.1 Å². The maximum atomic E-state index is 13.8. The van der Waals surface area contributed by atoms with E-state index in [0.717, 1.165) is 22.3 Å². The highest BCUT2D eigenvalue weighted by Crippen LogP contribution is 2.47. The van der Waals surface area contributed by atoms with Gasteiger partial charge >= 0.3 is 5.97 Å². The zero-order chi connectivity index (χ0) is 29.9. The lowest BCUT2D eigenvalue weighted by atomic mass is 9.81. The lowest BCUT2D eigenvalue weighted by molar-refractivity contribution is 0.0696. The quantitative estimate of drug-likeness (QED) is 0.203. The van der Waals surface area contributed by atoms with E-state index in [2.05, 4.69) is 44.1 Å². The Morgan fingerprint density at radius 3 is 2.65 bits per heavy atom. The molecule has 0 atom stereocenters. The number of ether oxygens (including phenoxy) is 1. The van der Waals surface area contributed by atoms with E-state index in [4.69, 9.17) is 4.74 Å². The summed E-state index contributed by atoms with van der Waals surface area (Å²) in [6.07, 6.45) is 6.12. The number of nitrogens with one attached hydrogen (secondary N) is 2. The maximum absolute atomic E-state index is 13.8. The van der Waals surface area contributed by atoms with Gasteiger partial charge in [0.05, 0.1) is 34.4 Å². The van der Waals surface area contributed by atoms with Crippen LogP contribution in [0.5, 0.6) is 5.75 Å². The zero-order valence-electron chi connectivity index (χ0n) is 24.8. The van der Waals surface area contributed by atoms with Gasteiger partial charge in [0.25, 0.3) is 5.91 Å². The van der Waals surface area contributed by atoms with Crippen LogP contribution in [-0.4, -0.2) is 38.1 Å². The summed E-state index contributed by atoms with van der Waals surface area (Å²) in [6.45, 7) is 6.83. The van der Waals surface area contributed by atoms with Crippen LogP contribution in [0, 0.1) is 6.92 Å². The van der Waals surface area contributed by atoms with Crippen molar-refractivity contribution in [2.75, 3.05) is 6.61 Å². The van der Waals surface area contributed by atoms with Gasteiger partial charge in [-0.3, -0.25) is 4.79 Å². The third-order valence-corrected chi connectivity index (χ3v) is 9.17. The number of carboxylic acids is 1. The van der Waals surface area contributed by atoms with Crippen LogP contribution in [0.4, 0.5) is 0 Å². The minimum Gasteiger partial charge on any atom is -0.491 e. The van der Waals surface area contributed by atoms with Crippen molar-refractivity contribution in [2.24, 2.45) is 0 Å². The fourth-order valence-corrected chi connectivity index (χ4v) is 6.99. The Morgan fingerprint density at radius 1 is 1.07 bits per heavy atom. The molecule has 5 aromatic rings. The highest BCUT2D eigenvalue weighted by atomic mass is 16.5. The first kappa shape index (κ1) is 27.3. The van der Waals surface area contributed by atoms with Crippen LogP contribution in [0.15, 0.2) is 54.6 Å². The van der Waals surface area contributed by atoms with E-state index in [1.807, 2.05) is 32.0 Å². The molecule has 0 unspecified atom stereocenters. The summed E-state index contributed by atoms with van der Waals surface area (Å²) in [6, 6.07) is 17.7. The molecule has 1 aliphatic heterocycles. The Morgan fingerprint density at radius 2 is 1.86 bits per heavy atom. The SMILES string of the molecule is Cc1cc2[nH]c(C(C)(C)NC(=O)c3ccc4c(C5CCCCC5)c5n(c4c3)CCOc3ccccc3-5)nc2cc1C(=O)O. The number of fused-ring (bicyclic) bond motifs is 6. The number of carboxylic acid groups (broad SMARTS) is 1. The van der Waals surface area contributed by atoms with E-state index in [1.165, 1.54) is 48.7 Å². The number of imidazole rings is 1. The van der Waals surface area contributed by atoms with Crippen LogP contribution in [0.3, 0.4) is 0 Å². The molecule has 0 spiro atoms. The second kappa shape index (κ2) is 10.3. The zero-order valence-corrected chi connectivity index (χ0v) is 24.8. The molecule has 3 N–H and O–H groups in total. The van der Waals surface area contributed by atoms with Gasteiger partial charge in [-0.15, -0.1) is 0 Å². The number of para-hydroxylation sites is 1. The van der Waals surface area contributed by atoms with Gasteiger partial charge < -0.3 is 24.7 Å². The molecule has 3 aromatic carbocycles. The van der Waals surface area contributed by atoms with Gasteiger partial charge in [0.1, 0.15) is 18.2 Å². The van der Waals surface area contributed by atoms with Gasteiger partial charge in [-0.25, -0.2) is 9.78 Å². The van der Waals surface area contributed by atoms with Crippen LogP contribution < -0.4 is 10.1 Å². The number of nitrogens with zero attached hydrogens (tertiary/aromatic N) is 2. The molecule has 2 aliphatic rings. The average Bonchev–Trinajstić information content (AvgIpc) is 3.50. The van der Waals surface area contributed by atoms with Crippen LogP contribution in [0.25, 0.3) is 33.2 Å². The summed E-state index contributed by atoms with van der Waals surface area (Å²) in [5, 5.41) is 13.9. The number of hydrogen-bond acceptors (Lipinski definition) is 4. The Kier molecular flexibility index (Phi) is 6.52. The Bertz CT molecular complexity index is 1910. The minimum atomic E-state index is -0.989. The molecule has 0 radical (unpaired) electrons. The molecule has 1 amide bonds. The number of carbonyl (C=O) groups excluding carboxylic acids is 1. The number of rotatable bonds is 5. The second-order valence-corrected chi connectivity index (χ2v) is 12.5. The lowest BCUT2D eigenvalue weighted by Gasteiger charge is -2.24. The van der Waals surface area contributed by atoms with Crippen LogP contribution in [-0.2, 0) is 12.1 Å². The molecule has 2 aromatic heterocycles. The monoisotopic (exact) mass is 576 g/mol. The predicted molar refractivity (Wildman–Crippen MR) is 167 cm³/mol. The molecule has 8 nitrogen and oxygen atoms in total. The van der Waals surface area contributed by atoms with Crippen molar-refractivity contribution in [3.05, 3.63) is 82.7 Å². The molecular formula is C35H36N4O4. The molecular weight excluding hydrogens is 540 g/mol. The number of amides is 1. The number of hydrogen-bond donors (Lipinski definition) is 3. The topological polar surface area (TPSA) is 109 Å². The molecule has 43 heavy (non-hydrogen) atoms. The number of aryl methyl sites for hydroxylation is 1. The van der Waals surface area contributed by atoms with E-state index in [-0.39, 0.29) is 11.5 Å². The Hall–Kier alpha value is -4.59. The summed E-state index contributed by atoms with van der Waals surface area (Å²) in [4.78, 5) is 33.3. The Labute approximate surface area is 250 Å². The standard InChI is InChI=1S/C35H36N4O4/c1-20-17-26-27(19-25(20)33(41)42)37-34(36-26)35(2,3)38-32(40)22-13-14-23-28(18-22)39-15-16-43-29-12-8-7-11-24(29)31(39)30(23)21-9-5-4-6-10-21/h7-8,11-14,17-19,21H,4-6,9-10,15-16H2,1-3H3,(H,36,37)(H,38,40)(H,41,42). The van der Waals surface area contributed by atoms with Gasteiger partial charge in [-0.1, -0.05) is 37.5 Å². The average molecular weight is 577 g/mol. The van der Waals surface area contributed by atoms with Gasteiger partial charge in [0.2, 0.25) is 0 Å². The van der Waals surface area contributed by atoms with E-state index in [9.17, 15) is 14.7 Å². The highest BCUT2D eigenvalue weighted by molar-refractivity contribution is 6.01. The molecule has 7 rings (SSSR count). The van der Waals surface area contributed by atoms with E-state index < -0.39 is 11.5 Å². The van der Waals surface area contributed by atoms with Gasteiger partial charge in [-0.2, -0.15) is 0 Å². The van der Waals surface area contributed by atoms with Crippen molar-refractivity contribution in [1.82, 2.24) is 19.9 Å². The van der Waals surface area contributed by atoms with Crippen molar-refractivity contribution in [2.45, 2.75) is 70.9 Å². The van der Waals surface area contributed by atoms with E-state index in [0.29, 0.717) is 41.5 Å². The number of benzene rings is 3. The van der Waals surface area contributed by atoms with Gasteiger partial charge in [0.15, 0.2) is 0 Å². The minimum absolute atomic E-state index is 0.199. The number of H-pyrrole nitrogens is 1. The highest BCUT2D eigenvalue weighted by Gasteiger charge is 2.31. The first-order valence-corrected chi connectivity index (χ1v) is 15.2. The number of carbonyl (C=O) groups is 2. The summed E-state index contributed by atoms with van der Waals surface area (Å²) in [5.41, 5.74) is 6.68. The van der Waals surface area contributed by atoms with Crippen molar-refractivity contribution < 1.29 is 19.4 Å².